The minimum Gasteiger partial charge on any atom is -0.476 e. The molecule has 0 fully saturated rings. The summed E-state index contributed by atoms with van der Waals surface area (Å²) in [6, 6.07) is 8.81. The van der Waals surface area contributed by atoms with E-state index in [2.05, 4.69) is 26.2 Å². The molecule has 3 aromatic rings. The average Bonchev–Trinajstić information content (AvgIpc) is 2.72. The highest BCUT2D eigenvalue weighted by Gasteiger charge is 2.13. The van der Waals surface area contributed by atoms with Crippen LogP contribution >= 0.6 is 0 Å². The summed E-state index contributed by atoms with van der Waals surface area (Å²) in [5, 5.41) is 17.1. The summed E-state index contributed by atoms with van der Waals surface area (Å²) < 4.78 is 11.6. The third-order valence-corrected chi connectivity index (χ3v) is 3.69. The average molecular weight is 376 g/mol. The molecule has 28 heavy (non-hydrogen) atoms. The second-order valence-corrected chi connectivity index (χ2v) is 6.48. The number of hydrogen-bond acceptors (Lipinski definition) is 8. The molecule has 8 heteroatoms. The van der Waals surface area contributed by atoms with Gasteiger partial charge in [0.25, 0.3) is 0 Å². The third-order valence-electron chi connectivity index (χ3n) is 3.69. The number of hydrogen-bond donors (Lipinski definition) is 1. The van der Waals surface area contributed by atoms with E-state index in [4.69, 9.17) is 15.2 Å². The zero-order chi connectivity index (χ0) is 19.9. The molecule has 0 saturated heterocycles. The van der Waals surface area contributed by atoms with Crippen LogP contribution in [0.2, 0.25) is 0 Å². The molecular formula is C20H20N6O2. The molecule has 1 aromatic carbocycles. The van der Waals surface area contributed by atoms with E-state index in [1.165, 1.54) is 6.20 Å². The van der Waals surface area contributed by atoms with Gasteiger partial charge in [-0.1, -0.05) is 13.8 Å². The molecule has 2 aromatic heterocycles. The zero-order valence-corrected chi connectivity index (χ0v) is 15.7. The highest BCUT2D eigenvalue weighted by atomic mass is 16.5. The van der Waals surface area contributed by atoms with Crippen LogP contribution in [0.15, 0.2) is 42.9 Å². The zero-order valence-electron chi connectivity index (χ0n) is 15.7. The molecule has 0 radical (unpaired) electrons. The van der Waals surface area contributed by atoms with Crippen LogP contribution in [0, 0.1) is 17.2 Å². The molecule has 0 aliphatic rings. The van der Waals surface area contributed by atoms with Gasteiger partial charge in [0.2, 0.25) is 5.88 Å². The van der Waals surface area contributed by atoms with Crippen LogP contribution in [-0.4, -0.2) is 26.8 Å². The quantitative estimate of drug-likeness (QED) is 0.668. The molecular weight excluding hydrogens is 356 g/mol. The van der Waals surface area contributed by atoms with E-state index < -0.39 is 0 Å². The van der Waals surface area contributed by atoms with Gasteiger partial charge in [0, 0.05) is 30.6 Å². The van der Waals surface area contributed by atoms with E-state index >= 15 is 0 Å². The largest absolute Gasteiger partial charge is 0.476 e. The first kappa shape index (κ1) is 19.2. The number of nitrogens with zero attached hydrogens (tertiary/aromatic N) is 5. The molecule has 0 unspecified atom stereocenters. The predicted molar refractivity (Wildman–Crippen MR) is 103 cm³/mol. The van der Waals surface area contributed by atoms with Crippen LogP contribution in [0.5, 0.6) is 17.4 Å². The second-order valence-electron chi connectivity index (χ2n) is 6.48. The Hall–Kier alpha value is -3.57. The molecule has 3 rings (SSSR count). The fraction of sp³-hybridized carbons (Fsp3) is 0.250. The monoisotopic (exact) mass is 376 g/mol. The molecule has 0 atom stereocenters. The standard InChI is InChI=1S/C20H20N6O2/c1-13(2)12-27-19-6-16(11-25-26-19)28-18-5-14(7-21)3-4-17(18)20-23-9-15(8-22)10-24-20/h3-6,9-11,13H,8,12,22H2,1-2H3. The molecule has 0 amide bonds. The SMILES string of the molecule is CC(C)COc1cc(Oc2cc(C#N)ccc2-c2ncc(CN)cn2)cnn1. The summed E-state index contributed by atoms with van der Waals surface area (Å²) >= 11 is 0. The summed E-state index contributed by atoms with van der Waals surface area (Å²) in [6.45, 7) is 4.97. The number of ether oxygens (including phenoxy) is 2. The van der Waals surface area contributed by atoms with Gasteiger partial charge in [-0.25, -0.2) is 9.97 Å². The molecule has 0 aliphatic heterocycles. The van der Waals surface area contributed by atoms with E-state index in [0.717, 1.165) is 5.56 Å². The molecule has 2 heterocycles. The first-order valence-electron chi connectivity index (χ1n) is 8.78. The van der Waals surface area contributed by atoms with Crippen LogP contribution < -0.4 is 15.2 Å². The normalized spacial score (nSPS) is 10.5. The van der Waals surface area contributed by atoms with Crippen LogP contribution in [0.25, 0.3) is 11.4 Å². The van der Waals surface area contributed by atoms with Crippen molar-refractivity contribution in [2.75, 3.05) is 6.61 Å². The maximum Gasteiger partial charge on any atom is 0.237 e. The number of nitrogens with two attached hydrogens (primary N) is 1. The van der Waals surface area contributed by atoms with Crippen LogP contribution in [0.1, 0.15) is 25.0 Å². The van der Waals surface area contributed by atoms with E-state index in [9.17, 15) is 5.26 Å². The minimum absolute atomic E-state index is 0.360. The first-order chi connectivity index (χ1) is 13.6. The van der Waals surface area contributed by atoms with E-state index in [-0.39, 0.29) is 0 Å². The van der Waals surface area contributed by atoms with Gasteiger partial charge in [-0.2, -0.15) is 10.4 Å². The van der Waals surface area contributed by atoms with Gasteiger partial charge in [0.05, 0.1) is 30.0 Å². The van der Waals surface area contributed by atoms with Crippen molar-refractivity contribution >= 4 is 0 Å². The maximum absolute atomic E-state index is 9.23. The van der Waals surface area contributed by atoms with Gasteiger partial charge >= 0.3 is 0 Å². The van der Waals surface area contributed by atoms with Gasteiger partial charge in [-0.3, -0.25) is 0 Å². The van der Waals surface area contributed by atoms with Gasteiger partial charge in [-0.05, 0) is 24.1 Å². The predicted octanol–water partition coefficient (Wildman–Crippen LogP) is 3.09. The van der Waals surface area contributed by atoms with Crippen molar-refractivity contribution < 1.29 is 9.47 Å². The van der Waals surface area contributed by atoms with Crippen molar-refractivity contribution in [2.45, 2.75) is 20.4 Å². The Morgan fingerprint density at radius 3 is 2.61 bits per heavy atom. The number of rotatable bonds is 7. The summed E-state index contributed by atoms with van der Waals surface area (Å²) in [5.74, 6) is 2.06. The van der Waals surface area contributed by atoms with Gasteiger partial charge in [-0.15, -0.1) is 5.10 Å². The molecule has 142 valence electrons. The molecule has 0 saturated carbocycles. The molecule has 0 bridgehead atoms. The van der Waals surface area contributed by atoms with Gasteiger partial charge < -0.3 is 15.2 Å². The van der Waals surface area contributed by atoms with Crippen LogP contribution in [-0.2, 0) is 6.54 Å². The Morgan fingerprint density at radius 2 is 1.93 bits per heavy atom. The first-order valence-corrected chi connectivity index (χ1v) is 8.78. The van der Waals surface area contributed by atoms with Crippen molar-refractivity contribution in [3.63, 3.8) is 0 Å². The second kappa shape index (κ2) is 8.88. The number of benzene rings is 1. The fourth-order valence-electron chi connectivity index (χ4n) is 2.30. The minimum atomic E-state index is 0.360. The summed E-state index contributed by atoms with van der Waals surface area (Å²) in [5.41, 5.74) is 7.52. The third kappa shape index (κ3) is 4.78. The highest BCUT2D eigenvalue weighted by molar-refractivity contribution is 5.66. The van der Waals surface area contributed by atoms with E-state index in [1.54, 1.807) is 36.7 Å². The van der Waals surface area contributed by atoms with Crippen molar-refractivity contribution in [1.29, 1.82) is 5.26 Å². The lowest BCUT2D eigenvalue weighted by Crippen LogP contribution is -2.06. The van der Waals surface area contributed by atoms with Crippen LogP contribution in [0.3, 0.4) is 0 Å². The van der Waals surface area contributed by atoms with Crippen molar-refractivity contribution in [3.8, 4) is 34.8 Å². The Balaban J connectivity index is 1.92. The number of nitriles is 1. The highest BCUT2D eigenvalue weighted by Crippen LogP contribution is 2.33. The fourth-order valence-corrected chi connectivity index (χ4v) is 2.30. The van der Waals surface area contributed by atoms with Gasteiger partial charge in [0.1, 0.15) is 5.75 Å². The Labute approximate surface area is 163 Å². The summed E-state index contributed by atoms with van der Waals surface area (Å²) in [7, 11) is 0. The molecule has 2 N–H and O–H groups in total. The lowest BCUT2D eigenvalue weighted by atomic mass is 10.1. The smallest absolute Gasteiger partial charge is 0.237 e. The van der Waals surface area contributed by atoms with Crippen molar-refractivity contribution in [2.24, 2.45) is 11.7 Å². The van der Waals surface area contributed by atoms with Crippen molar-refractivity contribution in [1.82, 2.24) is 20.2 Å². The Morgan fingerprint density at radius 1 is 1.14 bits per heavy atom. The maximum atomic E-state index is 9.23. The molecule has 8 nitrogen and oxygen atoms in total. The Kier molecular flexibility index (Phi) is 6.09. The topological polar surface area (TPSA) is 120 Å². The van der Waals surface area contributed by atoms with Crippen LogP contribution in [0.4, 0.5) is 0 Å². The van der Waals surface area contributed by atoms with E-state index in [1.807, 2.05) is 13.8 Å². The lowest BCUT2D eigenvalue weighted by molar-refractivity contribution is 0.257. The van der Waals surface area contributed by atoms with E-state index in [0.29, 0.717) is 53.4 Å². The van der Waals surface area contributed by atoms with Gasteiger partial charge in [0.15, 0.2) is 11.6 Å². The molecule has 0 aliphatic carbocycles. The summed E-state index contributed by atoms with van der Waals surface area (Å²) in [4.78, 5) is 8.67. The lowest BCUT2D eigenvalue weighted by Gasteiger charge is -2.12. The Bertz CT molecular complexity index is 983. The molecule has 0 spiro atoms. The summed E-state index contributed by atoms with van der Waals surface area (Å²) in [6.07, 6.45) is 4.80. The number of aromatic nitrogens is 4. The van der Waals surface area contributed by atoms with Crippen molar-refractivity contribution in [3.05, 3.63) is 54.0 Å².